The second-order valence-corrected chi connectivity index (χ2v) is 6.31. The van der Waals surface area contributed by atoms with E-state index >= 15 is 0 Å². The van der Waals surface area contributed by atoms with Gasteiger partial charge in [0.15, 0.2) is 5.78 Å². The first kappa shape index (κ1) is 13.6. The summed E-state index contributed by atoms with van der Waals surface area (Å²) in [5.74, 6) is 1.44. The number of rotatable bonds is 3. The molecule has 1 aromatic carbocycles. The van der Waals surface area contributed by atoms with Crippen LogP contribution in [0.4, 0.5) is 0 Å². The van der Waals surface area contributed by atoms with Crippen LogP contribution in [0.5, 0.6) is 5.75 Å². The number of ketones is 1. The molecule has 1 saturated heterocycles. The number of fused-ring (bicyclic) bond motifs is 1. The van der Waals surface area contributed by atoms with Gasteiger partial charge in [-0.3, -0.25) is 4.79 Å². The van der Waals surface area contributed by atoms with E-state index in [1.54, 1.807) is 0 Å². The van der Waals surface area contributed by atoms with Gasteiger partial charge in [-0.2, -0.15) is 0 Å². The Kier molecular flexibility index (Phi) is 3.55. The van der Waals surface area contributed by atoms with E-state index in [-0.39, 0.29) is 11.2 Å². The third-order valence-electron chi connectivity index (χ3n) is 4.92. The number of hydrogen-bond acceptors (Lipinski definition) is 3. The van der Waals surface area contributed by atoms with Crippen molar-refractivity contribution in [3.8, 4) is 5.75 Å². The molecule has 0 aliphatic carbocycles. The number of para-hydroxylation sites is 1. The van der Waals surface area contributed by atoms with Gasteiger partial charge in [0.1, 0.15) is 5.75 Å². The van der Waals surface area contributed by atoms with E-state index in [0.717, 1.165) is 50.3 Å². The van der Waals surface area contributed by atoms with Crippen molar-refractivity contribution in [1.82, 2.24) is 5.32 Å². The van der Waals surface area contributed by atoms with Crippen molar-refractivity contribution in [2.45, 2.75) is 33.1 Å². The summed E-state index contributed by atoms with van der Waals surface area (Å²) in [6.45, 7) is 6.75. The maximum Gasteiger partial charge on any atom is 0.174 e. The van der Waals surface area contributed by atoms with Crippen LogP contribution in [0.1, 0.15) is 42.6 Å². The molecule has 1 fully saturated rings. The molecular formula is C17H23NO2. The van der Waals surface area contributed by atoms with E-state index in [1.165, 1.54) is 5.56 Å². The standard InChI is InChI=1S/C17H23NO2/c1-12(2)17(8-9-18-11-17)16(19)14-7-3-5-13-6-4-10-20-15(13)14/h3,5,7,12,18H,4,6,8-11H2,1-2H3. The summed E-state index contributed by atoms with van der Waals surface area (Å²) >= 11 is 0. The lowest BCUT2D eigenvalue weighted by Crippen LogP contribution is -2.39. The van der Waals surface area contributed by atoms with Crippen molar-refractivity contribution >= 4 is 5.78 Å². The third-order valence-corrected chi connectivity index (χ3v) is 4.92. The van der Waals surface area contributed by atoms with Crippen LogP contribution in [0.2, 0.25) is 0 Å². The molecule has 0 radical (unpaired) electrons. The Morgan fingerprint density at radius 2 is 2.25 bits per heavy atom. The van der Waals surface area contributed by atoms with E-state index in [9.17, 15) is 4.79 Å². The monoisotopic (exact) mass is 273 g/mol. The highest BCUT2D eigenvalue weighted by molar-refractivity contribution is 6.03. The zero-order valence-corrected chi connectivity index (χ0v) is 12.4. The van der Waals surface area contributed by atoms with Crippen LogP contribution in [0.3, 0.4) is 0 Å². The molecule has 3 heteroatoms. The van der Waals surface area contributed by atoms with Crippen LogP contribution in [-0.2, 0) is 6.42 Å². The molecule has 0 saturated carbocycles. The molecule has 1 aromatic rings. The fourth-order valence-electron chi connectivity index (χ4n) is 3.50. The highest BCUT2D eigenvalue weighted by Gasteiger charge is 2.45. The first-order valence-electron chi connectivity index (χ1n) is 7.65. The van der Waals surface area contributed by atoms with E-state index in [1.807, 2.05) is 12.1 Å². The summed E-state index contributed by atoms with van der Waals surface area (Å²) in [6.07, 6.45) is 2.98. The minimum atomic E-state index is -0.268. The minimum Gasteiger partial charge on any atom is -0.493 e. The van der Waals surface area contributed by atoms with Gasteiger partial charge in [-0.1, -0.05) is 26.0 Å². The normalized spacial score (nSPS) is 25.4. The van der Waals surface area contributed by atoms with Crippen molar-refractivity contribution in [3.63, 3.8) is 0 Å². The van der Waals surface area contributed by atoms with Crippen LogP contribution >= 0.6 is 0 Å². The van der Waals surface area contributed by atoms with Crippen LogP contribution < -0.4 is 10.1 Å². The number of aryl methyl sites for hydroxylation is 1. The average molecular weight is 273 g/mol. The van der Waals surface area contributed by atoms with E-state index in [4.69, 9.17) is 4.74 Å². The summed E-state index contributed by atoms with van der Waals surface area (Å²) in [7, 11) is 0. The molecule has 1 atom stereocenters. The first-order valence-corrected chi connectivity index (χ1v) is 7.65. The molecule has 0 aromatic heterocycles. The molecule has 1 unspecified atom stereocenters. The molecule has 2 aliphatic rings. The summed E-state index contributed by atoms with van der Waals surface area (Å²) in [6, 6.07) is 6.02. The fraction of sp³-hybridized carbons (Fsp3) is 0.588. The average Bonchev–Trinajstić information content (AvgIpc) is 2.97. The Hall–Kier alpha value is -1.35. The Morgan fingerprint density at radius 1 is 1.40 bits per heavy atom. The number of benzene rings is 1. The molecule has 2 aliphatic heterocycles. The number of Topliss-reactive ketones (excluding diaryl/α,β-unsaturated/α-hetero) is 1. The summed E-state index contributed by atoms with van der Waals surface area (Å²) in [5.41, 5.74) is 1.71. The van der Waals surface area contributed by atoms with Gasteiger partial charge in [0.05, 0.1) is 12.2 Å². The number of nitrogens with one attached hydrogen (secondary N) is 1. The van der Waals surface area contributed by atoms with E-state index in [2.05, 4.69) is 25.2 Å². The predicted molar refractivity (Wildman–Crippen MR) is 79.3 cm³/mol. The van der Waals surface area contributed by atoms with Gasteiger partial charge in [0, 0.05) is 12.0 Å². The summed E-state index contributed by atoms with van der Waals surface area (Å²) < 4.78 is 5.82. The molecule has 108 valence electrons. The van der Waals surface area contributed by atoms with Gasteiger partial charge < -0.3 is 10.1 Å². The second kappa shape index (κ2) is 5.21. The van der Waals surface area contributed by atoms with Gasteiger partial charge in [-0.25, -0.2) is 0 Å². The van der Waals surface area contributed by atoms with Crippen molar-refractivity contribution in [2.75, 3.05) is 19.7 Å². The SMILES string of the molecule is CC(C)C1(C(=O)c2cccc3c2OCCC3)CCNC1. The number of ether oxygens (including phenoxy) is 1. The zero-order valence-electron chi connectivity index (χ0n) is 12.4. The number of hydrogen-bond donors (Lipinski definition) is 1. The summed E-state index contributed by atoms with van der Waals surface area (Å²) in [4.78, 5) is 13.2. The maximum atomic E-state index is 13.2. The van der Waals surface area contributed by atoms with Gasteiger partial charge in [-0.15, -0.1) is 0 Å². The molecule has 1 N–H and O–H groups in total. The van der Waals surface area contributed by atoms with Crippen LogP contribution in [-0.4, -0.2) is 25.5 Å². The molecule has 3 rings (SSSR count). The molecule has 0 bridgehead atoms. The topological polar surface area (TPSA) is 38.3 Å². The molecule has 3 nitrogen and oxygen atoms in total. The lowest BCUT2D eigenvalue weighted by atomic mass is 9.70. The quantitative estimate of drug-likeness (QED) is 0.861. The van der Waals surface area contributed by atoms with Gasteiger partial charge in [0.2, 0.25) is 0 Å². The van der Waals surface area contributed by atoms with Gasteiger partial charge >= 0.3 is 0 Å². The summed E-state index contributed by atoms with van der Waals surface area (Å²) in [5, 5.41) is 3.36. The third kappa shape index (κ3) is 2.05. The molecule has 2 heterocycles. The fourth-order valence-corrected chi connectivity index (χ4v) is 3.50. The highest BCUT2D eigenvalue weighted by Crippen LogP contribution is 2.41. The number of carbonyl (C=O) groups excluding carboxylic acids is 1. The zero-order chi connectivity index (χ0) is 14.2. The van der Waals surface area contributed by atoms with Crippen LogP contribution in [0.25, 0.3) is 0 Å². The van der Waals surface area contributed by atoms with Gasteiger partial charge in [0.25, 0.3) is 0 Å². The Balaban J connectivity index is 2.02. The lowest BCUT2D eigenvalue weighted by molar-refractivity contribution is 0.0734. The molecule has 0 amide bonds. The Bertz CT molecular complexity index is 516. The second-order valence-electron chi connectivity index (χ2n) is 6.31. The van der Waals surface area contributed by atoms with Crippen LogP contribution in [0.15, 0.2) is 18.2 Å². The Morgan fingerprint density at radius 3 is 2.95 bits per heavy atom. The van der Waals surface area contributed by atoms with Crippen molar-refractivity contribution in [2.24, 2.45) is 11.3 Å². The molecular weight excluding hydrogens is 250 g/mol. The lowest BCUT2D eigenvalue weighted by Gasteiger charge is -2.32. The largest absolute Gasteiger partial charge is 0.493 e. The van der Waals surface area contributed by atoms with E-state index < -0.39 is 0 Å². The number of carbonyl (C=O) groups is 1. The van der Waals surface area contributed by atoms with Crippen molar-refractivity contribution < 1.29 is 9.53 Å². The van der Waals surface area contributed by atoms with E-state index in [0.29, 0.717) is 5.92 Å². The first-order chi connectivity index (χ1) is 9.65. The van der Waals surface area contributed by atoms with Crippen molar-refractivity contribution in [1.29, 1.82) is 0 Å². The van der Waals surface area contributed by atoms with Crippen LogP contribution in [0, 0.1) is 11.3 Å². The maximum absolute atomic E-state index is 13.2. The highest BCUT2D eigenvalue weighted by atomic mass is 16.5. The molecule has 20 heavy (non-hydrogen) atoms. The predicted octanol–water partition coefficient (Wildman–Crippen LogP) is 2.83. The molecule has 0 spiro atoms. The smallest absolute Gasteiger partial charge is 0.174 e. The Labute approximate surface area is 120 Å². The minimum absolute atomic E-state index is 0.260. The van der Waals surface area contributed by atoms with Crippen molar-refractivity contribution in [3.05, 3.63) is 29.3 Å². The van der Waals surface area contributed by atoms with Gasteiger partial charge in [-0.05, 0) is 43.4 Å².